The van der Waals surface area contributed by atoms with Crippen LogP contribution in [-0.4, -0.2) is 19.8 Å². The highest BCUT2D eigenvalue weighted by Crippen LogP contribution is 2.49. The lowest BCUT2D eigenvalue weighted by molar-refractivity contribution is -0.0237. The summed E-state index contributed by atoms with van der Waals surface area (Å²) in [6.45, 7) is 4.31. The Kier molecular flexibility index (Phi) is 6.66. The summed E-state index contributed by atoms with van der Waals surface area (Å²) < 4.78 is 86.6. The van der Waals surface area contributed by atoms with Crippen LogP contribution in [0.25, 0.3) is 11.1 Å². The van der Waals surface area contributed by atoms with Gasteiger partial charge in [-0.3, -0.25) is 0 Å². The quantitative estimate of drug-likeness (QED) is 0.254. The molecule has 2 atom stereocenters. The number of nitrogens with zero attached hydrogens (tertiary/aromatic N) is 1. The summed E-state index contributed by atoms with van der Waals surface area (Å²) in [6.07, 6.45) is 4.16. The normalized spacial score (nSPS) is 21.7. The lowest BCUT2D eigenvalue weighted by atomic mass is 9.88. The molecule has 1 saturated heterocycles. The summed E-state index contributed by atoms with van der Waals surface area (Å²) in [7, 11) is 0. The van der Waals surface area contributed by atoms with Gasteiger partial charge in [0.1, 0.15) is 18.0 Å². The van der Waals surface area contributed by atoms with Crippen molar-refractivity contribution in [2.75, 3.05) is 24.9 Å². The molecule has 1 fully saturated rings. The van der Waals surface area contributed by atoms with Gasteiger partial charge in [-0.25, -0.2) is 13.9 Å². The summed E-state index contributed by atoms with van der Waals surface area (Å²) in [5.41, 5.74) is -2.04. The first-order valence-electron chi connectivity index (χ1n) is 11.1. The van der Waals surface area contributed by atoms with Crippen molar-refractivity contribution in [3.8, 4) is 16.9 Å². The Balaban J connectivity index is 1.75. The second-order valence-corrected chi connectivity index (χ2v) is 8.45. The molecule has 0 aromatic heterocycles. The first-order valence-corrected chi connectivity index (χ1v) is 11.1. The van der Waals surface area contributed by atoms with E-state index in [1.165, 1.54) is 24.3 Å². The number of benzene rings is 2. The predicted octanol–water partition coefficient (Wildman–Crippen LogP) is 7.26. The van der Waals surface area contributed by atoms with Crippen molar-refractivity contribution < 1.29 is 31.5 Å². The SMILES string of the molecule is C=CCCC1CCC(c2ccc3c(c2F)C(F)(F)CN(F)c2c-3ccc(OCC)c2F)OC1. The van der Waals surface area contributed by atoms with Crippen molar-refractivity contribution in [2.45, 2.75) is 44.6 Å². The molecule has 0 N–H and O–H groups in total. The van der Waals surface area contributed by atoms with Crippen LogP contribution in [0, 0.1) is 17.6 Å². The molecular weight excluding hydrogens is 441 g/mol. The number of alkyl halides is 2. The van der Waals surface area contributed by atoms with Gasteiger partial charge in [-0.1, -0.05) is 22.7 Å². The van der Waals surface area contributed by atoms with Gasteiger partial charge in [0.05, 0.1) is 24.9 Å². The van der Waals surface area contributed by atoms with E-state index in [-0.39, 0.29) is 34.2 Å². The maximum absolute atomic E-state index is 15.6. The third-order valence-corrected chi connectivity index (χ3v) is 6.28. The average molecular weight is 467 g/mol. The fourth-order valence-electron chi connectivity index (χ4n) is 4.66. The van der Waals surface area contributed by atoms with Crippen LogP contribution < -0.4 is 9.86 Å². The number of anilines is 1. The zero-order valence-electron chi connectivity index (χ0n) is 18.4. The molecule has 2 heterocycles. The minimum absolute atomic E-state index is 0.0101. The number of allylic oxidation sites excluding steroid dienone is 1. The highest BCUT2D eigenvalue weighted by Gasteiger charge is 2.45. The molecule has 0 amide bonds. The number of fused-ring (bicyclic) bond motifs is 3. The molecule has 0 aliphatic carbocycles. The number of rotatable bonds is 6. The second kappa shape index (κ2) is 9.33. The first kappa shape index (κ1) is 23.5. The van der Waals surface area contributed by atoms with Crippen LogP contribution in [0.5, 0.6) is 5.75 Å². The Morgan fingerprint density at radius 3 is 2.58 bits per heavy atom. The summed E-state index contributed by atoms with van der Waals surface area (Å²) >= 11 is 0. The summed E-state index contributed by atoms with van der Waals surface area (Å²) in [4.78, 5) is 0. The Labute approximate surface area is 189 Å². The molecule has 33 heavy (non-hydrogen) atoms. The van der Waals surface area contributed by atoms with Crippen molar-refractivity contribution in [1.29, 1.82) is 0 Å². The summed E-state index contributed by atoms with van der Waals surface area (Å²) in [5, 5.41) is -0.367. The first-order chi connectivity index (χ1) is 15.8. The van der Waals surface area contributed by atoms with E-state index >= 15 is 13.2 Å². The van der Waals surface area contributed by atoms with Gasteiger partial charge in [0.25, 0.3) is 5.92 Å². The van der Waals surface area contributed by atoms with Gasteiger partial charge in [-0.15, -0.1) is 6.58 Å². The lowest BCUT2D eigenvalue weighted by Gasteiger charge is -2.30. The van der Waals surface area contributed by atoms with Gasteiger partial charge < -0.3 is 9.47 Å². The van der Waals surface area contributed by atoms with E-state index in [2.05, 4.69) is 6.58 Å². The number of ether oxygens (including phenoxy) is 2. The van der Waals surface area contributed by atoms with Crippen LogP contribution in [0.1, 0.15) is 49.8 Å². The molecular formula is C25H26F5NO2. The second-order valence-electron chi connectivity index (χ2n) is 8.45. The Bertz CT molecular complexity index is 1030. The van der Waals surface area contributed by atoms with Crippen molar-refractivity contribution in [1.82, 2.24) is 0 Å². The molecule has 2 unspecified atom stereocenters. The molecule has 3 nitrogen and oxygen atoms in total. The van der Waals surface area contributed by atoms with E-state index in [0.29, 0.717) is 18.9 Å². The average Bonchev–Trinajstić information content (AvgIpc) is 2.87. The van der Waals surface area contributed by atoms with Gasteiger partial charge in [0.15, 0.2) is 11.6 Å². The Morgan fingerprint density at radius 2 is 1.91 bits per heavy atom. The zero-order valence-corrected chi connectivity index (χ0v) is 18.4. The highest BCUT2D eigenvalue weighted by atomic mass is 19.3. The monoisotopic (exact) mass is 467 g/mol. The summed E-state index contributed by atoms with van der Waals surface area (Å²) in [5.74, 6) is -6.10. The fourth-order valence-corrected chi connectivity index (χ4v) is 4.66. The van der Waals surface area contributed by atoms with Crippen molar-refractivity contribution in [3.05, 3.63) is 59.7 Å². The maximum Gasteiger partial charge on any atom is 0.296 e. The largest absolute Gasteiger partial charge is 0.491 e. The molecule has 8 heteroatoms. The van der Waals surface area contributed by atoms with Crippen LogP contribution >= 0.6 is 0 Å². The van der Waals surface area contributed by atoms with Crippen molar-refractivity contribution >= 4 is 5.69 Å². The van der Waals surface area contributed by atoms with Crippen molar-refractivity contribution in [2.24, 2.45) is 5.92 Å². The molecule has 178 valence electrons. The highest BCUT2D eigenvalue weighted by molar-refractivity contribution is 5.84. The van der Waals surface area contributed by atoms with Gasteiger partial charge in [-0.05, 0) is 56.2 Å². The maximum atomic E-state index is 15.6. The lowest BCUT2D eigenvalue weighted by Crippen LogP contribution is -2.30. The zero-order chi connectivity index (χ0) is 23.8. The third-order valence-electron chi connectivity index (χ3n) is 6.28. The standard InChI is InChI=1S/C25H26F5NO2/c1-3-5-6-15-7-11-19(33-13-15)18-9-8-16-17-10-12-20(32-4-2)23(27)24(17)31(30)14-25(28,29)21(16)22(18)26/h3,8-10,12,15,19H,1,4-7,11,13-14H2,2H3. The predicted molar refractivity (Wildman–Crippen MR) is 116 cm³/mol. The molecule has 2 aromatic carbocycles. The minimum Gasteiger partial charge on any atom is -0.491 e. The van der Waals surface area contributed by atoms with E-state index in [0.717, 1.165) is 19.3 Å². The van der Waals surface area contributed by atoms with Gasteiger partial charge in [0, 0.05) is 11.1 Å². The molecule has 2 aliphatic rings. The van der Waals surface area contributed by atoms with E-state index in [1.807, 2.05) is 6.08 Å². The molecule has 0 saturated carbocycles. The smallest absolute Gasteiger partial charge is 0.296 e. The van der Waals surface area contributed by atoms with E-state index < -0.39 is 41.5 Å². The minimum atomic E-state index is -3.90. The molecule has 4 rings (SSSR count). The Hall–Kier alpha value is -2.61. The van der Waals surface area contributed by atoms with Crippen molar-refractivity contribution in [3.63, 3.8) is 0 Å². The third kappa shape index (κ3) is 4.33. The van der Waals surface area contributed by atoms with Gasteiger partial charge >= 0.3 is 0 Å². The molecule has 0 radical (unpaired) electrons. The van der Waals surface area contributed by atoms with Crippen LogP contribution in [-0.2, 0) is 10.7 Å². The molecule has 2 aromatic rings. The van der Waals surface area contributed by atoms with Crippen LogP contribution in [0.3, 0.4) is 0 Å². The van der Waals surface area contributed by atoms with Crippen LogP contribution in [0.15, 0.2) is 36.9 Å². The number of halogens is 5. The van der Waals surface area contributed by atoms with E-state index in [4.69, 9.17) is 9.47 Å². The van der Waals surface area contributed by atoms with E-state index in [9.17, 15) is 8.87 Å². The summed E-state index contributed by atoms with van der Waals surface area (Å²) in [6, 6.07) is 5.19. The van der Waals surface area contributed by atoms with Crippen LogP contribution in [0.4, 0.5) is 27.7 Å². The van der Waals surface area contributed by atoms with Gasteiger partial charge in [0.2, 0.25) is 0 Å². The molecule has 2 aliphatic heterocycles. The van der Waals surface area contributed by atoms with Gasteiger partial charge in [-0.2, -0.15) is 8.78 Å². The van der Waals surface area contributed by atoms with E-state index in [1.54, 1.807) is 6.92 Å². The Morgan fingerprint density at radius 1 is 1.15 bits per heavy atom. The fraction of sp³-hybridized carbons (Fsp3) is 0.440. The van der Waals surface area contributed by atoms with Crippen LogP contribution in [0.2, 0.25) is 0 Å². The molecule has 0 bridgehead atoms. The molecule has 0 spiro atoms. The number of hydrogen-bond donors (Lipinski definition) is 0. The number of hydrogen-bond acceptors (Lipinski definition) is 3. The topological polar surface area (TPSA) is 21.7 Å².